The summed E-state index contributed by atoms with van der Waals surface area (Å²) in [6.45, 7) is 5.87. The number of hydrogen-bond acceptors (Lipinski definition) is 8. The summed E-state index contributed by atoms with van der Waals surface area (Å²) in [6, 6.07) is 0. The van der Waals surface area contributed by atoms with Crippen LogP contribution in [0.4, 0.5) is 5.95 Å². The van der Waals surface area contributed by atoms with Crippen molar-refractivity contribution in [3.05, 3.63) is 33.5 Å². The Morgan fingerprint density at radius 3 is 2.45 bits per heavy atom. The third-order valence-electron chi connectivity index (χ3n) is 5.79. The van der Waals surface area contributed by atoms with Crippen molar-refractivity contribution in [2.24, 2.45) is 5.16 Å². The van der Waals surface area contributed by atoms with Crippen molar-refractivity contribution in [3.63, 3.8) is 0 Å². The number of piperidine rings is 1. The lowest BCUT2D eigenvalue weighted by molar-refractivity contribution is 0.0406. The van der Waals surface area contributed by atoms with E-state index in [2.05, 4.69) is 25.0 Å². The van der Waals surface area contributed by atoms with Crippen molar-refractivity contribution in [2.45, 2.75) is 71.0 Å². The second-order valence-electron chi connectivity index (χ2n) is 8.00. The molecule has 1 N–H and O–H groups in total. The van der Waals surface area contributed by atoms with E-state index in [1.807, 2.05) is 26.2 Å². The predicted octanol–water partition coefficient (Wildman–Crippen LogP) is 3.74. The van der Waals surface area contributed by atoms with Gasteiger partial charge in [-0.05, 0) is 45.1 Å². The number of nitrogens with zero attached hydrogens (tertiary/aromatic N) is 5. The smallest absolute Gasteiger partial charge is 0.225 e. The molecule has 0 amide bonds. The maximum absolute atomic E-state index is 9.38. The second kappa shape index (κ2) is 9.17. The Labute approximate surface area is 175 Å². The molecule has 4 rings (SSSR count). The molecule has 0 aromatic carbocycles. The first-order chi connectivity index (χ1) is 14.1. The highest BCUT2D eigenvalue weighted by molar-refractivity contribution is 7.11. The van der Waals surface area contributed by atoms with E-state index in [4.69, 9.17) is 4.84 Å². The fourth-order valence-electron chi connectivity index (χ4n) is 3.92. The van der Waals surface area contributed by atoms with Crippen LogP contribution in [0.3, 0.4) is 0 Å². The molecule has 1 aliphatic carbocycles. The zero-order valence-corrected chi connectivity index (χ0v) is 18.0. The van der Waals surface area contributed by atoms with E-state index >= 15 is 0 Å². The summed E-state index contributed by atoms with van der Waals surface area (Å²) < 4.78 is 0. The summed E-state index contributed by atoms with van der Waals surface area (Å²) in [5.41, 5.74) is 3.22. The molecule has 0 unspecified atom stereocenters. The van der Waals surface area contributed by atoms with E-state index in [0.29, 0.717) is 5.92 Å². The normalized spacial score (nSPS) is 20.7. The number of aliphatic hydroxyl groups excluding tert-OH is 1. The van der Waals surface area contributed by atoms with Gasteiger partial charge < -0.3 is 14.8 Å². The maximum atomic E-state index is 9.38. The summed E-state index contributed by atoms with van der Waals surface area (Å²) in [4.78, 5) is 22.6. The minimum atomic E-state index is 0.0889. The molecule has 1 saturated heterocycles. The van der Waals surface area contributed by atoms with Crippen LogP contribution in [-0.2, 0) is 11.4 Å². The van der Waals surface area contributed by atoms with Crippen LogP contribution in [-0.4, -0.2) is 45.0 Å². The largest absolute Gasteiger partial charge is 0.392 e. The Hall–Kier alpha value is -2.06. The van der Waals surface area contributed by atoms with E-state index in [-0.39, 0.29) is 12.7 Å². The molecule has 2 fully saturated rings. The molecule has 3 heterocycles. The number of anilines is 1. The van der Waals surface area contributed by atoms with Gasteiger partial charge in [-0.1, -0.05) is 5.16 Å². The highest BCUT2D eigenvalue weighted by Crippen LogP contribution is 2.35. The first kappa shape index (κ1) is 20.2. The first-order valence-corrected chi connectivity index (χ1v) is 11.3. The van der Waals surface area contributed by atoms with Crippen molar-refractivity contribution in [2.75, 3.05) is 18.0 Å². The molecule has 1 saturated carbocycles. The Bertz CT molecular complexity index is 833. The average Bonchev–Trinajstić information content (AvgIpc) is 3.14. The number of oxime groups is 1. The fourth-order valence-corrected chi connectivity index (χ4v) is 5.02. The van der Waals surface area contributed by atoms with Crippen molar-refractivity contribution in [1.82, 2.24) is 15.0 Å². The molecule has 0 spiro atoms. The molecule has 1 aliphatic heterocycles. The van der Waals surface area contributed by atoms with Crippen molar-refractivity contribution in [3.8, 4) is 0 Å². The van der Waals surface area contributed by atoms with E-state index in [1.54, 1.807) is 11.3 Å². The van der Waals surface area contributed by atoms with Crippen LogP contribution >= 0.6 is 11.3 Å². The van der Waals surface area contributed by atoms with Crippen LogP contribution in [0.2, 0.25) is 0 Å². The quantitative estimate of drug-likeness (QED) is 0.749. The summed E-state index contributed by atoms with van der Waals surface area (Å²) in [5.74, 6) is 1.29. The molecule has 0 atom stereocenters. The van der Waals surface area contributed by atoms with Gasteiger partial charge in [0, 0.05) is 44.2 Å². The summed E-state index contributed by atoms with van der Waals surface area (Å²) in [6.07, 6.45) is 9.84. The number of aromatic nitrogens is 3. The number of aliphatic hydroxyl groups is 1. The minimum Gasteiger partial charge on any atom is -0.392 e. The molecule has 2 aliphatic rings. The molecule has 29 heavy (non-hydrogen) atoms. The predicted molar refractivity (Wildman–Crippen MR) is 115 cm³/mol. The first-order valence-electron chi connectivity index (χ1n) is 10.4. The zero-order valence-electron chi connectivity index (χ0n) is 17.2. The van der Waals surface area contributed by atoms with Crippen LogP contribution in [0, 0.1) is 13.8 Å². The highest BCUT2D eigenvalue weighted by Gasteiger charge is 2.25. The third-order valence-corrected chi connectivity index (χ3v) is 7.09. The molecule has 8 heteroatoms. The topological polar surface area (TPSA) is 83.7 Å². The van der Waals surface area contributed by atoms with Gasteiger partial charge in [0.1, 0.15) is 6.10 Å². The Morgan fingerprint density at radius 1 is 1.14 bits per heavy atom. The number of thiazole rings is 1. The van der Waals surface area contributed by atoms with Gasteiger partial charge in [0.05, 0.1) is 27.9 Å². The van der Waals surface area contributed by atoms with Gasteiger partial charge in [-0.2, -0.15) is 0 Å². The highest BCUT2D eigenvalue weighted by atomic mass is 32.1. The van der Waals surface area contributed by atoms with Crippen LogP contribution in [0.15, 0.2) is 17.5 Å². The Balaban J connectivity index is 1.23. The molecule has 156 valence electrons. The molecule has 0 bridgehead atoms. The third kappa shape index (κ3) is 4.93. The minimum absolute atomic E-state index is 0.0889. The van der Waals surface area contributed by atoms with Crippen molar-refractivity contribution in [1.29, 1.82) is 0 Å². The molecule has 0 radical (unpaired) electrons. The summed E-state index contributed by atoms with van der Waals surface area (Å²) >= 11 is 1.66. The van der Waals surface area contributed by atoms with Gasteiger partial charge in [-0.15, -0.1) is 11.3 Å². The van der Waals surface area contributed by atoms with Gasteiger partial charge >= 0.3 is 0 Å². The fraction of sp³-hybridized carbons (Fsp3) is 0.619. The van der Waals surface area contributed by atoms with Crippen molar-refractivity contribution >= 4 is 23.0 Å². The van der Waals surface area contributed by atoms with E-state index in [9.17, 15) is 5.11 Å². The zero-order chi connectivity index (χ0) is 20.2. The summed E-state index contributed by atoms with van der Waals surface area (Å²) in [5, 5.41) is 15.0. The average molecular weight is 416 g/mol. The Kier molecular flexibility index (Phi) is 6.40. The maximum Gasteiger partial charge on any atom is 0.225 e. The van der Waals surface area contributed by atoms with Crippen LogP contribution in [0.1, 0.15) is 65.6 Å². The molecule has 2 aromatic heterocycles. The Morgan fingerprint density at radius 2 is 1.83 bits per heavy atom. The summed E-state index contributed by atoms with van der Waals surface area (Å²) in [7, 11) is 0. The monoisotopic (exact) mass is 415 g/mol. The molecule has 2 aromatic rings. The van der Waals surface area contributed by atoms with Gasteiger partial charge in [0.15, 0.2) is 0 Å². The van der Waals surface area contributed by atoms with Gasteiger partial charge in [0.2, 0.25) is 5.95 Å². The number of hydrogen-bond donors (Lipinski definition) is 1. The van der Waals surface area contributed by atoms with Gasteiger partial charge in [0.25, 0.3) is 0 Å². The van der Waals surface area contributed by atoms with E-state index in [0.717, 1.165) is 78.7 Å². The van der Waals surface area contributed by atoms with Crippen molar-refractivity contribution < 1.29 is 9.94 Å². The second-order valence-corrected chi connectivity index (χ2v) is 9.12. The van der Waals surface area contributed by atoms with E-state index in [1.165, 1.54) is 5.71 Å². The van der Waals surface area contributed by atoms with Crippen LogP contribution < -0.4 is 4.90 Å². The lowest BCUT2D eigenvalue weighted by Crippen LogP contribution is -2.37. The SMILES string of the molecule is Cc1cnc(N2CCC(ON=C3CCC(c4nc(C)c(CO)s4)CC3)CC2)nc1. The van der Waals surface area contributed by atoms with Crippen LogP contribution in [0.25, 0.3) is 0 Å². The lowest BCUT2D eigenvalue weighted by Gasteiger charge is -2.31. The molecular weight excluding hydrogens is 386 g/mol. The van der Waals surface area contributed by atoms with E-state index < -0.39 is 0 Å². The van der Waals surface area contributed by atoms with Gasteiger partial charge in [-0.25, -0.2) is 15.0 Å². The van der Waals surface area contributed by atoms with Crippen LogP contribution in [0.5, 0.6) is 0 Å². The molecule has 7 nitrogen and oxygen atoms in total. The molecular formula is C21H29N5O2S. The standard InChI is InChI=1S/C21H29N5O2S/c1-14-11-22-21(23-12-14)26-9-7-18(8-10-26)28-25-17-5-3-16(4-6-17)20-24-15(2)19(13-27)29-20/h11-12,16,18,27H,3-10,13H2,1-2H3. The number of rotatable bonds is 5. The van der Waals surface area contributed by atoms with Gasteiger partial charge in [-0.3, -0.25) is 0 Å². The number of aryl methyl sites for hydroxylation is 2. The lowest BCUT2D eigenvalue weighted by atomic mass is 9.88.